The first kappa shape index (κ1) is 21.3. The van der Waals surface area contributed by atoms with Crippen LogP contribution in [0.25, 0.3) is 6.08 Å². The van der Waals surface area contributed by atoms with E-state index < -0.39 is 0 Å². The molecule has 0 radical (unpaired) electrons. The monoisotopic (exact) mass is 520 g/mol. The average molecular weight is 522 g/mol. The molecule has 0 unspecified atom stereocenters. The number of fused-ring (bicyclic) bond motifs is 1. The number of Topliss-reactive ketones (excluding diaryl/α,β-unsaturated/α-hetero) is 1. The zero-order valence-electron chi connectivity index (χ0n) is 15.7. The van der Waals surface area contributed by atoms with Crippen LogP contribution in [0.2, 0.25) is 10.0 Å². The van der Waals surface area contributed by atoms with Crippen LogP contribution in [0.4, 0.5) is 0 Å². The Bertz CT molecular complexity index is 1180. The van der Waals surface area contributed by atoms with Gasteiger partial charge in [0.15, 0.2) is 11.5 Å². The molecule has 3 aromatic carbocycles. The van der Waals surface area contributed by atoms with Gasteiger partial charge in [-0.25, -0.2) is 0 Å². The van der Waals surface area contributed by atoms with Crippen molar-refractivity contribution < 1.29 is 14.3 Å². The van der Waals surface area contributed by atoms with Gasteiger partial charge in [-0.05, 0) is 48.0 Å². The minimum absolute atomic E-state index is 0.0270. The summed E-state index contributed by atoms with van der Waals surface area (Å²) in [5, 5.41) is 1.11. The second-order valence-electron chi connectivity index (χ2n) is 6.48. The van der Waals surface area contributed by atoms with Crippen molar-refractivity contribution in [2.24, 2.45) is 0 Å². The molecule has 152 valence electrons. The number of thioether (sulfide) groups is 1. The van der Waals surface area contributed by atoms with Crippen LogP contribution in [0.1, 0.15) is 21.5 Å². The lowest BCUT2D eigenvalue weighted by molar-refractivity contribution is 0.104. The standard InChI is InChI=1S/C23H15BrCl2O3S/c1-28-19-8-14(9-22-23(27)16-4-2-3-5-21(16)30-22)17(24)11-20(19)29-12-13-6-7-15(25)10-18(13)26/h2-11H,12H2,1H3. The number of hydrogen-bond donors (Lipinski definition) is 0. The van der Waals surface area contributed by atoms with Crippen LogP contribution in [0.5, 0.6) is 11.5 Å². The summed E-state index contributed by atoms with van der Waals surface area (Å²) in [6.07, 6.45) is 1.86. The van der Waals surface area contributed by atoms with Crippen molar-refractivity contribution in [1.29, 1.82) is 0 Å². The summed E-state index contributed by atoms with van der Waals surface area (Å²) in [5.41, 5.74) is 2.38. The van der Waals surface area contributed by atoms with E-state index in [9.17, 15) is 4.79 Å². The molecule has 0 aliphatic carbocycles. The summed E-state index contributed by atoms with van der Waals surface area (Å²) in [7, 11) is 1.58. The first-order valence-corrected chi connectivity index (χ1v) is 11.3. The van der Waals surface area contributed by atoms with E-state index >= 15 is 0 Å². The number of rotatable bonds is 5. The molecule has 0 fully saturated rings. The molecule has 0 aromatic heterocycles. The minimum Gasteiger partial charge on any atom is -0.493 e. The number of allylic oxidation sites excluding steroid dienone is 1. The first-order valence-electron chi connectivity index (χ1n) is 8.94. The lowest BCUT2D eigenvalue weighted by atomic mass is 10.1. The molecule has 4 rings (SSSR count). The van der Waals surface area contributed by atoms with E-state index in [4.69, 9.17) is 32.7 Å². The quantitative estimate of drug-likeness (QED) is 0.322. The number of hydrogen-bond acceptors (Lipinski definition) is 4. The number of carbonyl (C=O) groups is 1. The van der Waals surface area contributed by atoms with Crippen molar-refractivity contribution in [2.75, 3.05) is 7.11 Å². The Morgan fingerprint density at radius 1 is 1.07 bits per heavy atom. The maximum absolute atomic E-state index is 12.7. The summed E-state index contributed by atoms with van der Waals surface area (Å²) in [6, 6.07) is 16.5. The molecule has 30 heavy (non-hydrogen) atoms. The van der Waals surface area contributed by atoms with Gasteiger partial charge in [0, 0.05) is 30.5 Å². The van der Waals surface area contributed by atoms with Crippen LogP contribution in [-0.4, -0.2) is 12.9 Å². The van der Waals surface area contributed by atoms with Gasteiger partial charge in [-0.3, -0.25) is 4.79 Å². The van der Waals surface area contributed by atoms with Gasteiger partial charge in [0.25, 0.3) is 0 Å². The Morgan fingerprint density at radius 3 is 2.60 bits per heavy atom. The number of carbonyl (C=O) groups excluding carboxylic acids is 1. The predicted molar refractivity (Wildman–Crippen MR) is 126 cm³/mol. The summed E-state index contributed by atoms with van der Waals surface area (Å²) < 4.78 is 12.2. The number of benzene rings is 3. The summed E-state index contributed by atoms with van der Waals surface area (Å²) in [4.78, 5) is 14.3. The van der Waals surface area contributed by atoms with E-state index in [1.165, 1.54) is 11.8 Å². The molecular weight excluding hydrogens is 507 g/mol. The molecule has 0 amide bonds. The maximum atomic E-state index is 12.7. The van der Waals surface area contributed by atoms with Crippen LogP contribution >= 0.6 is 50.9 Å². The molecule has 0 N–H and O–H groups in total. The van der Waals surface area contributed by atoms with Crippen LogP contribution in [-0.2, 0) is 6.61 Å². The van der Waals surface area contributed by atoms with Gasteiger partial charge in [-0.2, -0.15) is 0 Å². The highest BCUT2D eigenvalue weighted by Gasteiger charge is 2.25. The van der Waals surface area contributed by atoms with Crippen LogP contribution in [0.3, 0.4) is 0 Å². The molecular formula is C23H15BrCl2O3S. The lowest BCUT2D eigenvalue weighted by Gasteiger charge is -2.14. The van der Waals surface area contributed by atoms with Gasteiger partial charge >= 0.3 is 0 Å². The maximum Gasteiger partial charge on any atom is 0.200 e. The summed E-state index contributed by atoms with van der Waals surface area (Å²) >= 11 is 17.2. The van der Waals surface area contributed by atoms with Crippen molar-refractivity contribution in [1.82, 2.24) is 0 Å². The molecule has 3 aromatic rings. The molecule has 7 heteroatoms. The Balaban J connectivity index is 1.59. The fourth-order valence-corrected chi connectivity index (χ4v) is 4.95. The normalized spacial score (nSPS) is 14.1. The Labute approximate surface area is 197 Å². The number of halogens is 3. The smallest absolute Gasteiger partial charge is 0.200 e. The minimum atomic E-state index is 0.0270. The van der Waals surface area contributed by atoms with Gasteiger partial charge in [0.2, 0.25) is 5.78 Å². The molecule has 1 aliphatic heterocycles. The SMILES string of the molecule is COc1cc(C=C2Sc3ccccc3C2=O)c(Br)cc1OCc1ccc(Cl)cc1Cl. The zero-order valence-corrected chi connectivity index (χ0v) is 19.7. The number of methoxy groups -OCH3 is 1. The third-order valence-corrected chi connectivity index (χ3v) is 6.92. The third-order valence-electron chi connectivity index (χ3n) is 4.54. The average Bonchev–Trinajstić information content (AvgIpc) is 3.04. The van der Waals surface area contributed by atoms with Crippen LogP contribution < -0.4 is 9.47 Å². The van der Waals surface area contributed by atoms with E-state index in [2.05, 4.69) is 15.9 Å². The second kappa shape index (κ2) is 9.06. The van der Waals surface area contributed by atoms with Gasteiger partial charge in [0.05, 0.1) is 12.0 Å². The van der Waals surface area contributed by atoms with Gasteiger partial charge in [-0.15, -0.1) is 0 Å². The van der Waals surface area contributed by atoms with E-state index in [1.54, 1.807) is 19.2 Å². The highest BCUT2D eigenvalue weighted by atomic mass is 79.9. The Kier molecular flexibility index (Phi) is 6.44. The fraction of sp³-hybridized carbons (Fsp3) is 0.0870. The highest BCUT2D eigenvalue weighted by molar-refractivity contribution is 9.10. The first-order chi connectivity index (χ1) is 14.5. The second-order valence-corrected chi connectivity index (χ2v) is 9.27. The van der Waals surface area contributed by atoms with Crippen molar-refractivity contribution >= 4 is 62.8 Å². The Hall–Kier alpha value is -1.92. The van der Waals surface area contributed by atoms with E-state index in [0.29, 0.717) is 26.4 Å². The van der Waals surface area contributed by atoms with Crippen molar-refractivity contribution in [3.05, 3.63) is 90.7 Å². The van der Waals surface area contributed by atoms with Crippen molar-refractivity contribution in [3.8, 4) is 11.5 Å². The third kappa shape index (κ3) is 4.40. The van der Waals surface area contributed by atoms with Crippen molar-refractivity contribution in [2.45, 2.75) is 11.5 Å². The Morgan fingerprint density at radius 2 is 1.87 bits per heavy atom. The number of ketones is 1. The number of ether oxygens (including phenoxy) is 2. The molecule has 0 spiro atoms. The largest absolute Gasteiger partial charge is 0.493 e. The van der Waals surface area contributed by atoms with E-state index in [0.717, 1.165) is 26.1 Å². The van der Waals surface area contributed by atoms with Gasteiger partial charge in [-0.1, -0.05) is 69.1 Å². The fourth-order valence-electron chi connectivity index (χ4n) is 3.01. The lowest BCUT2D eigenvalue weighted by Crippen LogP contribution is -1.99. The summed E-state index contributed by atoms with van der Waals surface area (Å²) in [6.45, 7) is 0.267. The van der Waals surface area contributed by atoms with E-state index in [-0.39, 0.29) is 12.4 Å². The molecule has 0 atom stereocenters. The van der Waals surface area contributed by atoms with E-state index in [1.807, 2.05) is 48.5 Å². The molecule has 0 saturated heterocycles. The van der Waals surface area contributed by atoms with Gasteiger partial charge in [0.1, 0.15) is 6.61 Å². The highest BCUT2D eigenvalue weighted by Crippen LogP contribution is 2.42. The van der Waals surface area contributed by atoms with Crippen LogP contribution in [0, 0.1) is 0 Å². The van der Waals surface area contributed by atoms with Gasteiger partial charge < -0.3 is 9.47 Å². The molecule has 1 heterocycles. The zero-order chi connectivity index (χ0) is 21.3. The molecule has 0 bridgehead atoms. The van der Waals surface area contributed by atoms with Crippen LogP contribution in [0.15, 0.2) is 68.9 Å². The molecule has 1 aliphatic rings. The van der Waals surface area contributed by atoms with Crippen molar-refractivity contribution in [3.63, 3.8) is 0 Å². The molecule has 3 nitrogen and oxygen atoms in total. The molecule has 0 saturated carbocycles. The summed E-state index contributed by atoms with van der Waals surface area (Å²) in [5.74, 6) is 1.15. The predicted octanol–water partition coefficient (Wildman–Crippen LogP) is 7.67. The topological polar surface area (TPSA) is 35.5 Å².